The Morgan fingerprint density at radius 2 is 1.89 bits per heavy atom. The van der Waals surface area contributed by atoms with Crippen LogP contribution < -0.4 is 19.5 Å². The highest BCUT2D eigenvalue weighted by Crippen LogP contribution is 2.32. The van der Waals surface area contributed by atoms with Gasteiger partial charge in [-0.3, -0.25) is 14.9 Å². The summed E-state index contributed by atoms with van der Waals surface area (Å²) in [6, 6.07) is 7.60. The zero-order valence-electron chi connectivity index (χ0n) is 14.8. The standard InChI is InChI=1S/C18H18N2O7/c1-24-15-5-11(6-16(7-15)25-2)18(21)19-8-12-3-14(20(22)23)4-13-9-26-10-27-17(12)13/h3-7H,8-10H2,1-2H3,(H,19,21). The highest BCUT2D eigenvalue weighted by atomic mass is 16.7. The molecule has 1 heterocycles. The van der Waals surface area contributed by atoms with Crippen LogP contribution in [-0.4, -0.2) is 31.8 Å². The fourth-order valence-electron chi connectivity index (χ4n) is 2.73. The Bertz CT molecular complexity index is 860. The predicted octanol–water partition coefficient (Wildman–Crippen LogP) is 2.41. The van der Waals surface area contributed by atoms with Crippen LogP contribution in [0.15, 0.2) is 30.3 Å². The summed E-state index contributed by atoms with van der Waals surface area (Å²) in [4.78, 5) is 23.2. The zero-order valence-corrected chi connectivity index (χ0v) is 14.8. The third kappa shape index (κ3) is 4.09. The van der Waals surface area contributed by atoms with Crippen LogP contribution in [0.2, 0.25) is 0 Å². The van der Waals surface area contributed by atoms with E-state index >= 15 is 0 Å². The van der Waals surface area contributed by atoms with Crippen molar-refractivity contribution in [1.29, 1.82) is 0 Å². The van der Waals surface area contributed by atoms with Gasteiger partial charge in [0.1, 0.15) is 17.2 Å². The third-order valence-corrected chi connectivity index (χ3v) is 4.04. The minimum absolute atomic E-state index is 0.0544. The summed E-state index contributed by atoms with van der Waals surface area (Å²) in [6.45, 7) is 0.326. The SMILES string of the molecule is COc1cc(OC)cc(C(=O)NCc2cc([N+](=O)[O-])cc3c2OCOC3)c1. The maximum absolute atomic E-state index is 12.5. The predicted molar refractivity (Wildman–Crippen MR) is 94.1 cm³/mol. The van der Waals surface area contributed by atoms with Gasteiger partial charge in [0.2, 0.25) is 0 Å². The number of fused-ring (bicyclic) bond motifs is 1. The Balaban J connectivity index is 1.83. The molecular formula is C18H18N2O7. The van der Waals surface area contributed by atoms with Crippen LogP contribution in [0.25, 0.3) is 0 Å². The number of non-ortho nitro benzene ring substituents is 1. The van der Waals surface area contributed by atoms with Crippen molar-refractivity contribution < 1.29 is 28.7 Å². The van der Waals surface area contributed by atoms with Gasteiger partial charge in [-0.15, -0.1) is 0 Å². The van der Waals surface area contributed by atoms with Crippen LogP contribution in [0.4, 0.5) is 5.69 Å². The van der Waals surface area contributed by atoms with Crippen LogP contribution in [-0.2, 0) is 17.9 Å². The van der Waals surface area contributed by atoms with Gasteiger partial charge < -0.3 is 24.3 Å². The van der Waals surface area contributed by atoms with Crippen molar-refractivity contribution in [3.8, 4) is 17.2 Å². The van der Waals surface area contributed by atoms with Gasteiger partial charge in [-0.25, -0.2) is 0 Å². The maximum atomic E-state index is 12.5. The molecule has 0 aliphatic carbocycles. The summed E-state index contributed by atoms with van der Waals surface area (Å²) in [5.41, 5.74) is 1.33. The molecule has 9 heteroatoms. The molecule has 0 fully saturated rings. The van der Waals surface area contributed by atoms with Crippen molar-refractivity contribution in [3.63, 3.8) is 0 Å². The van der Waals surface area contributed by atoms with E-state index < -0.39 is 4.92 Å². The van der Waals surface area contributed by atoms with Crippen LogP contribution in [0, 0.1) is 10.1 Å². The van der Waals surface area contributed by atoms with E-state index in [1.807, 2.05) is 0 Å². The minimum Gasteiger partial charge on any atom is -0.497 e. The first-order chi connectivity index (χ1) is 13.0. The number of hydrogen-bond donors (Lipinski definition) is 1. The second-order valence-corrected chi connectivity index (χ2v) is 5.74. The van der Waals surface area contributed by atoms with Gasteiger partial charge in [-0.05, 0) is 12.1 Å². The number of methoxy groups -OCH3 is 2. The molecule has 0 saturated heterocycles. The first kappa shape index (κ1) is 18.5. The summed E-state index contributed by atoms with van der Waals surface area (Å²) >= 11 is 0. The lowest BCUT2D eigenvalue weighted by atomic mass is 10.1. The van der Waals surface area contributed by atoms with E-state index in [-0.39, 0.29) is 31.5 Å². The van der Waals surface area contributed by atoms with E-state index in [9.17, 15) is 14.9 Å². The number of hydrogen-bond acceptors (Lipinski definition) is 7. The molecular weight excluding hydrogens is 356 g/mol. The molecule has 2 aromatic rings. The number of nitro groups is 1. The zero-order chi connectivity index (χ0) is 19.4. The van der Waals surface area contributed by atoms with E-state index in [1.54, 1.807) is 18.2 Å². The van der Waals surface area contributed by atoms with Gasteiger partial charge in [0.05, 0.1) is 25.7 Å². The van der Waals surface area contributed by atoms with Gasteiger partial charge >= 0.3 is 0 Å². The molecule has 0 spiro atoms. The Kier molecular flexibility index (Phi) is 5.41. The molecule has 1 aliphatic heterocycles. The second-order valence-electron chi connectivity index (χ2n) is 5.74. The fourth-order valence-corrected chi connectivity index (χ4v) is 2.73. The van der Waals surface area contributed by atoms with Gasteiger partial charge in [-0.1, -0.05) is 0 Å². The highest BCUT2D eigenvalue weighted by molar-refractivity contribution is 5.95. The summed E-state index contributed by atoms with van der Waals surface area (Å²) in [6.07, 6.45) is 0. The number of nitrogens with one attached hydrogen (secondary N) is 1. The third-order valence-electron chi connectivity index (χ3n) is 4.04. The van der Waals surface area contributed by atoms with E-state index in [0.717, 1.165) is 0 Å². The first-order valence-corrected chi connectivity index (χ1v) is 8.04. The molecule has 0 atom stereocenters. The monoisotopic (exact) mass is 374 g/mol. The topological polar surface area (TPSA) is 109 Å². The van der Waals surface area contributed by atoms with Crippen molar-refractivity contribution in [3.05, 3.63) is 57.1 Å². The summed E-state index contributed by atoms with van der Waals surface area (Å²) in [5.74, 6) is 1.08. The van der Waals surface area contributed by atoms with Gasteiger partial charge in [0.25, 0.3) is 11.6 Å². The Hall–Kier alpha value is -3.33. The summed E-state index contributed by atoms with van der Waals surface area (Å²) < 4.78 is 21.0. The first-order valence-electron chi connectivity index (χ1n) is 8.04. The Morgan fingerprint density at radius 1 is 1.19 bits per heavy atom. The molecule has 1 N–H and O–H groups in total. The molecule has 0 saturated carbocycles. The summed E-state index contributed by atoms with van der Waals surface area (Å²) in [7, 11) is 2.98. The Morgan fingerprint density at radius 3 is 2.52 bits per heavy atom. The lowest BCUT2D eigenvalue weighted by Crippen LogP contribution is -2.24. The Labute approximate surface area is 154 Å². The van der Waals surface area contributed by atoms with Crippen LogP contribution in [0.1, 0.15) is 21.5 Å². The number of nitrogens with zero attached hydrogens (tertiary/aromatic N) is 1. The van der Waals surface area contributed by atoms with Crippen molar-refractivity contribution >= 4 is 11.6 Å². The van der Waals surface area contributed by atoms with Crippen molar-refractivity contribution in [2.75, 3.05) is 21.0 Å². The number of ether oxygens (including phenoxy) is 4. The molecule has 9 nitrogen and oxygen atoms in total. The lowest BCUT2D eigenvalue weighted by Gasteiger charge is -2.20. The van der Waals surface area contributed by atoms with Gasteiger partial charge in [0, 0.05) is 41.4 Å². The lowest BCUT2D eigenvalue weighted by molar-refractivity contribution is -0.385. The van der Waals surface area contributed by atoms with E-state index in [4.69, 9.17) is 18.9 Å². The summed E-state index contributed by atoms with van der Waals surface area (Å²) in [5, 5.41) is 13.9. The maximum Gasteiger partial charge on any atom is 0.270 e. The molecule has 27 heavy (non-hydrogen) atoms. The number of benzene rings is 2. The van der Waals surface area contributed by atoms with E-state index in [1.165, 1.54) is 26.4 Å². The average Bonchev–Trinajstić information content (AvgIpc) is 2.70. The molecule has 1 amide bonds. The van der Waals surface area contributed by atoms with E-state index in [2.05, 4.69) is 5.32 Å². The molecule has 0 bridgehead atoms. The molecule has 142 valence electrons. The quantitative estimate of drug-likeness (QED) is 0.611. The molecule has 1 aliphatic rings. The number of rotatable bonds is 6. The van der Waals surface area contributed by atoms with Gasteiger partial charge in [-0.2, -0.15) is 0 Å². The minimum atomic E-state index is -0.493. The smallest absolute Gasteiger partial charge is 0.270 e. The second kappa shape index (κ2) is 7.92. The highest BCUT2D eigenvalue weighted by Gasteiger charge is 2.21. The number of carbonyl (C=O) groups excluding carboxylic acids is 1. The van der Waals surface area contributed by atoms with Crippen molar-refractivity contribution in [1.82, 2.24) is 5.32 Å². The average molecular weight is 374 g/mol. The molecule has 3 rings (SSSR count). The molecule has 0 unspecified atom stereocenters. The van der Waals surface area contributed by atoms with Crippen LogP contribution >= 0.6 is 0 Å². The van der Waals surface area contributed by atoms with Crippen LogP contribution in [0.3, 0.4) is 0 Å². The van der Waals surface area contributed by atoms with Crippen molar-refractivity contribution in [2.24, 2.45) is 0 Å². The fraction of sp³-hybridized carbons (Fsp3) is 0.278. The van der Waals surface area contributed by atoms with Crippen molar-refractivity contribution in [2.45, 2.75) is 13.2 Å². The largest absolute Gasteiger partial charge is 0.497 e. The van der Waals surface area contributed by atoms with Gasteiger partial charge in [0.15, 0.2) is 6.79 Å². The number of amides is 1. The molecule has 0 aromatic heterocycles. The number of carbonyl (C=O) groups is 1. The van der Waals surface area contributed by atoms with Crippen LogP contribution in [0.5, 0.6) is 17.2 Å². The molecule has 0 radical (unpaired) electrons. The number of nitro benzene ring substituents is 1. The molecule has 2 aromatic carbocycles. The normalized spacial score (nSPS) is 12.5. The van der Waals surface area contributed by atoms with E-state index in [0.29, 0.717) is 33.9 Å².